The molecular formula is C13H16BrNO3. The molecule has 0 aromatic heterocycles. The highest BCUT2D eigenvalue weighted by atomic mass is 79.9. The molecule has 1 heterocycles. The fourth-order valence-electron chi connectivity index (χ4n) is 2.13. The molecule has 1 aliphatic rings. The Morgan fingerprint density at radius 3 is 3.06 bits per heavy atom. The van der Waals surface area contributed by atoms with Gasteiger partial charge in [0.15, 0.2) is 6.29 Å². The fraction of sp³-hybridized carbons (Fsp3) is 0.462. The first-order valence-electron chi connectivity index (χ1n) is 5.89. The molecule has 1 aromatic carbocycles. The minimum absolute atomic E-state index is 0.00630. The normalized spacial score (nSPS) is 24.1. The van der Waals surface area contributed by atoms with Gasteiger partial charge in [-0.15, -0.1) is 0 Å². The lowest BCUT2D eigenvalue weighted by molar-refractivity contribution is -0.0103. The van der Waals surface area contributed by atoms with Crippen molar-refractivity contribution in [2.45, 2.75) is 19.1 Å². The summed E-state index contributed by atoms with van der Waals surface area (Å²) in [6, 6.07) is 5.76. The molecule has 1 N–H and O–H groups in total. The Morgan fingerprint density at radius 1 is 1.61 bits per heavy atom. The molecule has 0 amide bonds. The van der Waals surface area contributed by atoms with Gasteiger partial charge in [0.05, 0.1) is 19.3 Å². The van der Waals surface area contributed by atoms with Gasteiger partial charge in [-0.3, -0.25) is 4.79 Å². The lowest BCUT2D eigenvalue weighted by atomic mass is 10.1. The van der Waals surface area contributed by atoms with Crippen LogP contribution in [0.25, 0.3) is 0 Å². The van der Waals surface area contributed by atoms with Crippen LogP contribution in [0.5, 0.6) is 0 Å². The van der Waals surface area contributed by atoms with Gasteiger partial charge in [-0.05, 0) is 25.1 Å². The van der Waals surface area contributed by atoms with Crippen LogP contribution in [0.1, 0.15) is 17.3 Å². The number of ether oxygens (including phenoxy) is 1. The van der Waals surface area contributed by atoms with E-state index in [1.165, 1.54) is 0 Å². The van der Waals surface area contributed by atoms with Gasteiger partial charge in [0.2, 0.25) is 0 Å². The maximum Gasteiger partial charge on any atom is 0.152 e. The number of carbonyl (C=O) groups is 1. The smallest absolute Gasteiger partial charge is 0.152 e. The number of morpholine rings is 1. The lowest BCUT2D eigenvalue weighted by Gasteiger charge is -2.39. The van der Waals surface area contributed by atoms with Crippen LogP contribution < -0.4 is 4.90 Å². The molecule has 1 fully saturated rings. The molecule has 1 saturated heterocycles. The zero-order chi connectivity index (χ0) is 13.1. The molecule has 1 aliphatic heterocycles. The highest BCUT2D eigenvalue weighted by molar-refractivity contribution is 9.10. The summed E-state index contributed by atoms with van der Waals surface area (Å²) in [7, 11) is 0. The van der Waals surface area contributed by atoms with Gasteiger partial charge in [0.25, 0.3) is 0 Å². The number of aldehydes is 1. The van der Waals surface area contributed by atoms with E-state index >= 15 is 0 Å². The molecule has 5 heteroatoms. The second kappa shape index (κ2) is 5.82. The molecule has 0 spiro atoms. The van der Waals surface area contributed by atoms with E-state index in [1.807, 2.05) is 19.1 Å². The van der Waals surface area contributed by atoms with Crippen molar-refractivity contribution in [1.29, 1.82) is 0 Å². The van der Waals surface area contributed by atoms with E-state index in [9.17, 15) is 9.90 Å². The SMILES string of the molecule is CC1COC(CO)CN1c1cc(Br)ccc1C=O. The van der Waals surface area contributed by atoms with Crippen molar-refractivity contribution in [2.24, 2.45) is 0 Å². The van der Waals surface area contributed by atoms with Crippen LogP contribution in [0.4, 0.5) is 5.69 Å². The summed E-state index contributed by atoms with van der Waals surface area (Å²) < 4.78 is 6.44. The molecular weight excluding hydrogens is 298 g/mol. The van der Waals surface area contributed by atoms with Gasteiger partial charge in [-0.2, -0.15) is 0 Å². The van der Waals surface area contributed by atoms with Crippen molar-refractivity contribution in [3.8, 4) is 0 Å². The largest absolute Gasteiger partial charge is 0.394 e. The highest BCUT2D eigenvalue weighted by Gasteiger charge is 2.27. The van der Waals surface area contributed by atoms with Crippen LogP contribution in [0.2, 0.25) is 0 Å². The molecule has 98 valence electrons. The first kappa shape index (κ1) is 13.5. The maximum absolute atomic E-state index is 11.1. The van der Waals surface area contributed by atoms with Crippen LogP contribution in [0, 0.1) is 0 Å². The molecule has 0 saturated carbocycles. The number of rotatable bonds is 3. The number of aliphatic hydroxyl groups excluding tert-OH is 1. The van der Waals surface area contributed by atoms with E-state index in [0.717, 1.165) is 16.4 Å². The molecule has 0 bridgehead atoms. The molecule has 2 atom stereocenters. The average molecular weight is 314 g/mol. The van der Waals surface area contributed by atoms with Crippen molar-refractivity contribution in [3.05, 3.63) is 28.2 Å². The lowest BCUT2D eigenvalue weighted by Crippen LogP contribution is -2.50. The van der Waals surface area contributed by atoms with Crippen molar-refractivity contribution >= 4 is 27.9 Å². The maximum atomic E-state index is 11.1. The third-order valence-corrected chi connectivity index (χ3v) is 3.63. The van der Waals surface area contributed by atoms with Crippen molar-refractivity contribution in [1.82, 2.24) is 0 Å². The molecule has 18 heavy (non-hydrogen) atoms. The van der Waals surface area contributed by atoms with Crippen LogP contribution >= 0.6 is 15.9 Å². The fourth-order valence-corrected chi connectivity index (χ4v) is 2.48. The Hall–Kier alpha value is -0.910. The van der Waals surface area contributed by atoms with E-state index in [0.29, 0.717) is 18.7 Å². The van der Waals surface area contributed by atoms with Crippen LogP contribution in [-0.2, 0) is 4.74 Å². The van der Waals surface area contributed by atoms with Crippen LogP contribution in [-0.4, -0.2) is 43.3 Å². The van der Waals surface area contributed by atoms with Gasteiger partial charge >= 0.3 is 0 Å². The molecule has 2 unspecified atom stereocenters. The topological polar surface area (TPSA) is 49.8 Å². The quantitative estimate of drug-likeness (QED) is 0.865. The summed E-state index contributed by atoms with van der Waals surface area (Å²) in [5, 5.41) is 9.19. The second-order valence-corrected chi connectivity index (χ2v) is 5.38. The van der Waals surface area contributed by atoms with Crippen molar-refractivity contribution < 1.29 is 14.6 Å². The Balaban J connectivity index is 2.33. The van der Waals surface area contributed by atoms with Gasteiger partial charge in [-0.1, -0.05) is 15.9 Å². The Kier molecular flexibility index (Phi) is 4.37. The Morgan fingerprint density at radius 2 is 2.39 bits per heavy atom. The number of benzene rings is 1. The number of anilines is 1. The van der Waals surface area contributed by atoms with Crippen molar-refractivity contribution in [3.63, 3.8) is 0 Å². The van der Waals surface area contributed by atoms with E-state index in [-0.39, 0.29) is 18.8 Å². The summed E-state index contributed by atoms with van der Waals surface area (Å²) in [4.78, 5) is 13.2. The number of halogens is 1. The first-order chi connectivity index (χ1) is 8.65. The van der Waals surface area contributed by atoms with Gasteiger partial charge < -0.3 is 14.7 Å². The number of carbonyl (C=O) groups excluding carboxylic acids is 1. The minimum Gasteiger partial charge on any atom is -0.394 e. The number of hydrogen-bond acceptors (Lipinski definition) is 4. The zero-order valence-electron chi connectivity index (χ0n) is 10.2. The number of nitrogens with zero attached hydrogens (tertiary/aromatic N) is 1. The minimum atomic E-state index is -0.195. The molecule has 4 nitrogen and oxygen atoms in total. The third kappa shape index (κ3) is 2.74. The summed E-state index contributed by atoms with van der Waals surface area (Å²) in [6.07, 6.45) is 0.664. The van der Waals surface area contributed by atoms with E-state index in [4.69, 9.17) is 4.74 Å². The summed E-state index contributed by atoms with van der Waals surface area (Å²) in [5.74, 6) is 0. The predicted molar refractivity (Wildman–Crippen MR) is 73.2 cm³/mol. The summed E-state index contributed by atoms with van der Waals surface area (Å²) >= 11 is 3.42. The third-order valence-electron chi connectivity index (χ3n) is 3.14. The van der Waals surface area contributed by atoms with E-state index < -0.39 is 0 Å². The predicted octanol–water partition coefficient (Wildman–Crippen LogP) is 1.85. The summed E-state index contributed by atoms with van der Waals surface area (Å²) in [5.41, 5.74) is 1.54. The van der Waals surface area contributed by atoms with Gasteiger partial charge in [0.1, 0.15) is 0 Å². The van der Waals surface area contributed by atoms with E-state index in [1.54, 1.807) is 6.07 Å². The molecule has 0 aliphatic carbocycles. The Labute approximate surface area is 115 Å². The number of aliphatic hydroxyl groups is 1. The monoisotopic (exact) mass is 313 g/mol. The Bertz CT molecular complexity index is 438. The molecule has 2 rings (SSSR count). The summed E-state index contributed by atoms with van der Waals surface area (Å²) in [6.45, 7) is 3.18. The molecule has 1 aromatic rings. The van der Waals surface area contributed by atoms with Crippen molar-refractivity contribution in [2.75, 3.05) is 24.7 Å². The number of hydrogen-bond donors (Lipinski definition) is 1. The highest BCUT2D eigenvalue weighted by Crippen LogP contribution is 2.28. The van der Waals surface area contributed by atoms with E-state index in [2.05, 4.69) is 20.8 Å². The van der Waals surface area contributed by atoms with Crippen LogP contribution in [0.3, 0.4) is 0 Å². The standard InChI is InChI=1S/C13H16BrNO3/c1-9-8-18-12(7-17)5-15(9)13-4-11(14)3-2-10(13)6-16/h2-4,6,9,12,17H,5,7-8H2,1H3. The second-order valence-electron chi connectivity index (χ2n) is 4.46. The van der Waals surface area contributed by atoms with Gasteiger partial charge in [0, 0.05) is 28.3 Å². The first-order valence-corrected chi connectivity index (χ1v) is 6.69. The molecule has 0 radical (unpaired) electrons. The van der Waals surface area contributed by atoms with Gasteiger partial charge in [-0.25, -0.2) is 0 Å². The average Bonchev–Trinajstić information content (AvgIpc) is 2.39. The zero-order valence-corrected chi connectivity index (χ0v) is 11.8. The van der Waals surface area contributed by atoms with Crippen LogP contribution in [0.15, 0.2) is 22.7 Å².